The van der Waals surface area contributed by atoms with Crippen LogP contribution in [0.4, 0.5) is 0 Å². The van der Waals surface area contributed by atoms with E-state index in [1.807, 2.05) is 13.1 Å². The Hall–Kier alpha value is -1.92. The van der Waals surface area contributed by atoms with Crippen LogP contribution in [0.25, 0.3) is 10.2 Å². The SMILES string of the molecule is CN=C(NCCCc1nc2ccccc2s1)NCc1sccc1C. The summed E-state index contributed by atoms with van der Waals surface area (Å²) < 4.78 is 1.27. The molecule has 0 saturated heterocycles. The molecule has 3 aromatic rings. The molecule has 0 unspecified atom stereocenters. The third kappa shape index (κ3) is 4.33. The van der Waals surface area contributed by atoms with Crippen LogP contribution in [0.5, 0.6) is 0 Å². The molecule has 0 bridgehead atoms. The molecule has 0 aliphatic heterocycles. The van der Waals surface area contributed by atoms with Crippen LogP contribution < -0.4 is 10.6 Å². The van der Waals surface area contributed by atoms with E-state index in [9.17, 15) is 0 Å². The summed E-state index contributed by atoms with van der Waals surface area (Å²) in [7, 11) is 1.81. The molecule has 0 aliphatic rings. The maximum absolute atomic E-state index is 4.68. The molecular formula is C18H22N4S2. The summed E-state index contributed by atoms with van der Waals surface area (Å²) in [5.41, 5.74) is 2.44. The molecule has 126 valence electrons. The number of guanidine groups is 1. The molecule has 6 heteroatoms. The van der Waals surface area contributed by atoms with Crippen molar-refractivity contribution in [3.8, 4) is 0 Å². The first-order valence-electron chi connectivity index (χ1n) is 8.08. The lowest BCUT2D eigenvalue weighted by Gasteiger charge is -2.11. The lowest BCUT2D eigenvalue weighted by molar-refractivity contribution is 0.741. The van der Waals surface area contributed by atoms with Crippen molar-refractivity contribution in [3.63, 3.8) is 0 Å². The van der Waals surface area contributed by atoms with Crippen LogP contribution in [0.15, 0.2) is 40.7 Å². The number of aliphatic imine (C=N–C) groups is 1. The Bertz CT molecular complexity index is 786. The highest BCUT2D eigenvalue weighted by Gasteiger charge is 2.04. The average molecular weight is 359 g/mol. The predicted octanol–water partition coefficient (Wildman–Crippen LogP) is 3.96. The van der Waals surface area contributed by atoms with Crippen LogP contribution in [0.3, 0.4) is 0 Å². The molecule has 0 fully saturated rings. The van der Waals surface area contributed by atoms with Crippen LogP contribution in [0.1, 0.15) is 21.9 Å². The minimum Gasteiger partial charge on any atom is -0.356 e. The molecule has 2 N–H and O–H groups in total. The zero-order valence-electron chi connectivity index (χ0n) is 14.0. The second kappa shape index (κ2) is 8.26. The molecule has 4 nitrogen and oxygen atoms in total. The average Bonchev–Trinajstić information content (AvgIpc) is 3.19. The van der Waals surface area contributed by atoms with E-state index in [1.54, 1.807) is 22.7 Å². The fourth-order valence-electron chi connectivity index (χ4n) is 2.44. The first-order valence-corrected chi connectivity index (χ1v) is 9.78. The summed E-state index contributed by atoms with van der Waals surface area (Å²) >= 11 is 3.57. The summed E-state index contributed by atoms with van der Waals surface area (Å²) in [4.78, 5) is 10.3. The maximum atomic E-state index is 4.68. The van der Waals surface area contributed by atoms with E-state index in [-0.39, 0.29) is 0 Å². The van der Waals surface area contributed by atoms with Gasteiger partial charge in [0.15, 0.2) is 5.96 Å². The Morgan fingerprint density at radius 2 is 2.08 bits per heavy atom. The monoisotopic (exact) mass is 358 g/mol. The molecule has 0 amide bonds. The third-order valence-electron chi connectivity index (χ3n) is 3.81. The van der Waals surface area contributed by atoms with Gasteiger partial charge in [-0.3, -0.25) is 4.99 Å². The number of benzene rings is 1. The van der Waals surface area contributed by atoms with Gasteiger partial charge in [0.1, 0.15) is 0 Å². The Kier molecular flexibility index (Phi) is 5.82. The third-order valence-corrected chi connectivity index (χ3v) is 5.93. The fourth-order valence-corrected chi connectivity index (χ4v) is 4.30. The molecule has 2 aromatic heterocycles. The van der Waals surface area contributed by atoms with Gasteiger partial charge in [-0.15, -0.1) is 22.7 Å². The molecule has 3 rings (SSSR count). The van der Waals surface area contributed by atoms with Gasteiger partial charge in [-0.1, -0.05) is 12.1 Å². The Morgan fingerprint density at radius 1 is 1.21 bits per heavy atom. The number of fused-ring (bicyclic) bond motifs is 1. The highest BCUT2D eigenvalue weighted by Crippen LogP contribution is 2.22. The number of para-hydroxylation sites is 1. The van der Waals surface area contributed by atoms with Crippen LogP contribution in [-0.2, 0) is 13.0 Å². The van der Waals surface area contributed by atoms with E-state index in [2.05, 4.69) is 57.2 Å². The number of aryl methyl sites for hydroxylation is 2. The molecule has 24 heavy (non-hydrogen) atoms. The molecule has 0 spiro atoms. The first kappa shape index (κ1) is 16.9. The van der Waals surface area contributed by atoms with Crippen molar-refractivity contribution in [2.24, 2.45) is 4.99 Å². The lowest BCUT2D eigenvalue weighted by Crippen LogP contribution is -2.37. The topological polar surface area (TPSA) is 49.3 Å². The van der Waals surface area contributed by atoms with E-state index in [1.165, 1.54) is 20.1 Å². The van der Waals surface area contributed by atoms with E-state index in [0.717, 1.165) is 37.4 Å². The minimum absolute atomic E-state index is 0.820. The quantitative estimate of drug-likeness (QED) is 0.398. The van der Waals surface area contributed by atoms with Gasteiger partial charge in [0, 0.05) is 24.9 Å². The zero-order valence-corrected chi connectivity index (χ0v) is 15.6. The van der Waals surface area contributed by atoms with Gasteiger partial charge >= 0.3 is 0 Å². The van der Waals surface area contributed by atoms with Gasteiger partial charge in [0.05, 0.1) is 21.8 Å². The normalized spacial score (nSPS) is 11.8. The number of rotatable bonds is 6. The Balaban J connectivity index is 1.42. The summed E-state index contributed by atoms with van der Waals surface area (Å²) in [6.07, 6.45) is 2.03. The summed E-state index contributed by atoms with van der Waals surface area (Å²) in [5, 5.41) is 10.1. The number of hydrogen-bond donors (Lipinski definition) is 2. The molecule has 0 aliphatic carbocycles. The number of thiazole rings is 1. The molecule has 0 atom stereocenters. The number of aromatic nitrogens is 1. The smallest absolute Gasteiger partial charge is 0.191 e. The first-order chi connectivity index (χ1) is 11.8. The number of nitrogens with zero attached hydrogens (tertiary/aromatic N) is 2. The second-order valence-corrected chi connectivity index (χ2v) is 7.67. The van der Waals surface area contributed by atoms with Crippen molar-refractivity contribution in [3.05, 3.63) is 51.2 Å². The van der Waals surface area contributed by atoms with E-state index >= 15 is 0 Å². The summed E-state index contributed by atoms with van der Waals surface area (Å²) in [6, 6.07) is 10.5. The lowest BCUT2D eigenvalue weighted by atomic mass is 10.3. The summed E-state index contributed by atoms with van der Waals surface area (Å²) in [5.74, 6) is 0.854. The van der Waals surface area contributed by atoms with Gasteiger partial charge < -0.3 is 10.6 Å². The largest absolute Gasteiger partial charge is 0.356 e. The van der Waals surface area contributed by atoms with E-state index in [0.29, 0.717) is 0 Å². The van der Waals surface area contributed by atoms with Gasteiger partial charge in [-0.25, -0.2) is 4.98 Å². The van der Waals surface area contributed by atoms with Crippen molar-refractivity contribution in [1.82, 2.24) is 15.6 Å². The van der Waals surface area contributed by atoms with Crippen LogP contribution in [0.2, 0.25) is 0 Å². The van der Waals surface area contributed by atoms with Crippen LogP contribution in [0, 0.1) is 6.92 Å². The minimum atomic E-state index is 0.820. The Morgan fingerprint density at radius 3 is 2.83 bits per heavy atom. The van der Waals surface area contributed by atoms with Crippen LogP contribution in [-0.4, -0.2) is 24.5 Å². The van der Waals surface area contributed by atoms with E-state index in [4.69, 9.17) is 0 Å². The summed E-state index contributed by atoms with van der Waals surface area (Å²) in [6.45, 7) is 3.85. The van der Waals surface area contributed by atoms with Crippen molar-refractivity contribution < 1.29 is 0 Å². The zero-order chi connectivity index (χ0) is 16.8. The standard InChI is InChI=1S/C18H22N4S2/c1-13-9-11-23-16(13)12-21-18(19-2)20-10-5-8-17-22-14-6-3-4-7-15(14)24-17/h3-4,6-7,9,11H,5,8,10,12H2,1-2H3,(H2,19,20,21). The van der Waals surface area contributed by atoms with Crippen molar-refractivity contribution in [2.75, 3.05) is 13.6 Å². The van der Waals surface area contributed by atoms with E-state index < -0.39 is 0 Å². The highest BCUT2D eigenvalue weighted by molar-refractivity contribution is 7.18. The van der Waals surface area contributed by atoms with Gasteiger partial charge in [-0.2, -0.15) is 0 Å². The van der Waals surface area contributed by atoms with Crippen molar-refractivity contribution in [2.45, 2.75) is 26.3 Å². The van der Waals surface area contributed by atoms with Crippen molar-refractivity contribution >= 4 is 38.8 Å². The molecular weight excluding hydrogens is 336 g/mol. The van der Waals surface area contributed by atoms with Gasteiger partial charge in [0.2, 0.25) is 0 Å². The van der Waals surface area contributed by atoms with Gasteiger partial charge in [0.25, 0.3) is 0 Å². The number of thiophene rings is 1. The van der Waals surface area contributed by atoms with Crippen LogP contribution >= 0.6 is 22.7 Å². The fraction of sp³-hybridized carbons (Fsp3) is 0.333. The van der Waals surface area contributed by atoms with Crippen molar-refractivity contribution in [1.29, 1.82) is 0 Å². The highest BCUT2D eigenvalue weighted by atomic mass is 32.1. The molecule has 0 saturated carbocycles. The second-order valence-electron chi connectivity index (χ2n) is 5.56. The molecule has 1 aromatic carbocycles. The molecule has 0 radical (unpaired) electrons. The Labute approximate surface area is 150 Å². The number of nitrogens with one attached hydrogen (secondary N) is 2. The molecule has 2 heterocycles. The predicted molar refractivity (Wildman–Crippen MR) is 105 cm³/mol. The number of hydrogen-bond acceptors (Lipinski definition) is 4. The van der Waals surface area contributed by atoms with Gasteiger partial charge in [-0.05, 0) is 42.5 Å². The maximum Gasteiger partial charge on any atom is 0.191 e.